The molecule has 0 aromatic heterocycles. The number of hydrogen-bond acceptors (Lipinski definition) is 4. The molecule has 0 heterocycles. The second-order valence-electron chi connectivity index (χ2n) is 8.83. The Hall–Kier alpha value is -2.88. The molecule has 0 saturated carbocycles. The maximum atomic E-state index is 13.9. The molecule has 0 unspecified atom stereocenters. The van der Waals surface area contributed by atoms with Crippen LogP contribution < -0.4 is 9.62 Å². The highest BCUT2D eigenvalue weighted by atomic mass is 79.9. The molecule has 0 saturated heterocycles. The van der Waals surface area contributed by atoms with Gasteiger partial charge in [-0.15, -0.1) is 0 Å². The number of anilines is 1. The van der Waals surface area contributed by atoms with Crippen LogP contribution in [0.4, 0.5) is 5.69 Å². The predicted octanol–water partition coefficient (Wildman–Crippen LogP) is 5.55. The van der Waals surface area contributed by atoms with E-state index in [1.807, 2.05) is 31.2 Å². The van der Waals surface area contributed by atoms with E-state index in [1.54, 1.807) is 50.2 Å². The van der Waals surface area contributed by atoms with Crippen LogP contribution in [0.3, 0.4) is 0 Å². The van der Waals surface area contributed by atoms with Crippen LogP contribution in [0, 0.1) is 6.92 Å². The topological polar surface area (TPSA) is 86.8 Å². The molecule has 202 valence electrons. The number of sulfonamides is 1. The second-order valence-corrected chi connectivity index (χ2v) is 12.0. The molecule has 0 radical (unpaired) electrons. The van der Waals surface area contributed by atoms with Crippen molar-refractivity contribution < 1.29 is 18.0 Å². The lowest BCUT2D eigenvalue weighted by atomic mass is 10.1. The average molecular weight is 621 g/mol. The first-order valence-electron chi connectivity index (χ1n) is 12.2. The van der Waals surface area contributed by atoms with E-state index in [0.29, 0.717) is 22.8 Å². The van der Waals surface area contributed by atoms with E-state index in [2.05, 4.69) is 21.2 Å². The third-order valence-corrected chi connectivity index (χ3v) is 8.75. The maximum Gasteiger partial charge on any atom is 0.264 e. The summed E-state index contributed by atoms with van der Waals surface area (Å²) in [5.41, 5.74) is 1.60. The van der Waals surface area contributed by atoms with Gasteiger partial charge in [0.15, 0.2) is 0 Å². The van der Waals surface area contributed by atoms with Gasteiger partial charge in [0.1, 0.15) is 12.6 Å². The molecule has 0 spiro atoms. The summed E-state index contributed by atoms with van der Waals surface area (Å²) in [6.45, 7) is 5.36. The summed E-state index contributed by atoms with van der Waals surface area (Å²) < 4.78 is 29.6. The third-order valence-electron chi connectivity index (χ3n) is 6.08. The van der Waals surface area contributed by atoms with Gasteiger partial charge in [-0.2, -0.15) is 0 Å². The van der Waals surface area contributed by atoms with Crippen LogP contribution >= 0.6 is 27.5 Å². The van der Waals surface area contributed by atoms with Gasteiger partial charge in [0.25, 0.3) is 10.0 Å². The van der Waals surface area contributed by atoms with E-state index in [9.17, 15) is 18.0 Å². The zero-order valence-corrected chi connectivity index (χ0v) is 24.7. The molecule has 1 N–H and O–H groups in total. The van der Waals surface area contributed by atoms with Crippen LogP contribution in [0.5, 0.6) is 0 Å². The molecule has 0 aliphatic rings. The molecular formula is C28H31BrClN3O4S. The van der Waals surface area contributed by atoms with E-state index in [-0.39, 0.29) is 17.3 Å². The van der Waals surface area contributed by atoms with Crippen molar-refractivity contribution >= 4 is 55.1 Å². The summed E-state index contributed by atoms with van der Waals surface area (Å²) >= 11 is 9.79. The highest BCUT2D eigenvalue weighted by Crippen LogP contribution is 2.31. The van der Waals surface area contributed by atoms with Gasteiger partial charge in [-0.1, -0.05) is 70.9 Å². The molecule has 3 aromatic carbocycles. The van der Waals surface area contributed by atoms with Gasteiger partial charge in [0.05, 0.1) is 10.6 Å². The van der Waals surface area contributed by atoms with E-state index in [0.717, 1.165) is 20.8 Å². The summed E-state index contributed by atoms with van der Waals surface area (Å²) in [5, 5.41) is 3.21. The lowest BCUT2D eigenvalue weighted by molar-refractivity contribution is -0.139. The second kappa shape index (κ2) is 13.3. The number of nitrogens with one attached hydrogen (secondary N) is 1. The minimum Gasteiger partial charge on any atom is -0.354 e. The largest absolute Gasteiger partial charge is 0.354 e. The number of carbonyl (C=O) groups excluding carboxylic acids is 2. The zero-order chi connectivity index (χ0) is 27.9. The highest BCUT2D eigenvalue weighted by Gasteiger charge is 2.33. The van der Waals surface area contributed by atoms with Crippen molar-refractivity contribution in [3.05, 3.63) is 93.4 Å². The lowest BCUT2D eigenvalue weighted by Crippen LogP contribution is -2.51. The molecule has 0 aliphatic heterocycles. The fourth-order valence-corrected chi connectivity index (χ4v) is 6.02. The first kappa shape index (κ1) is 29.7. The Kier molecular flexibility index (Phi) is 10.4. The van der Waals surface area contributed by atoms with Crippen LogP contribution in [0.2, 0.25) is 5.02 Å². The lowest BCUT2D eigenvalue weighted by Gasteiger charge is -2.32. The minimum atomic E-state index is -4.14. The Morgan fingerprint density at radius 1 is 1.03 bits per heavy atom. The van der Waals surface area contributed by atoms with Crippen molar-refractivity contribution in [1.29, 1.82) is 0 Å². The molecule has 0 fully saturated rings. The minimum absolute atomic E-state index is 0.0412. The van der Waals surface area contributed by atoms with Gasteiger partial charge in [-0.3, -0.25) is 13.9 Å². The Morgan fingerprint density at radius 2 is 1.71 bits per heavy atom. The van der Waals surface area contributed by atoms with E-state index >= 15 is 0 Å². The van der Waals surface area contributed by atoms with Crippen molar-refractivity contribution in [2.75, 3.05) is 17.4 Å². The van der Waals surface area contributed by atoms with Crippen LogP contribution in [0.15, 0.2) is 82.2 Å². The van der Waals surface area contributed by atoms with Gasteiger partial charge in [0.2, 0.25) is 11.8 Å². The molecule has 0 aliphatic carbocycles. The predicted molar refractivity (Wildman–Crippen MR) is 155 cm³/mol. The summed E-state index contributed by atoms with van der Waals surface area (Å²) in [4.78, 5) is 28.3. The first-order valence-corrected chi connectivity index (χ1v) is 14.8. The van der Waals surface area contributed by atoms with Crippen LogP contribution in [0.25, 0.3) is 0 Å². The molecule has 0 bridgehead atoms. The number of rotatable bonds is 11. The maximum absolute atomic E-state index is 13.9. The van der Waals surface area contributed by atoms with Crippen LogP contribution in [-0.2, 0) is 26.2 Å². The number of hydrogen-bond donors (Lipinski definition) is 1. The fourth-order valence-electron chi connectivity index (χ4n) is 3.91. The quantitative estimate of drug-likeness (QED) is 0.305. The normalized spacial score (nSPS) is 12.0. The Labute approximate surface area is 238 Å². The summed E-state index contributed by atoms with van der Waals surface area (Å²) in [6.07, 6.45) is 0.745. The van der Waals surface area contributed by atoms with Crippen molar-refractivity contribution in [1.82, 2.24) is 10.2 Å². The molecule has 2 amide bonds. The van der Waals surface area contributed by atoms with Crippen molar-refractivity contribution in [2.45, 2.75) is 44.7 Å². The number of carbonyl (C=O) groups is 2. The van der Waals surface area contributed by atoms with Gasteiger partial charge in [-0.25, -0.2) is 8.42 Å². The SMILES string of the molecule is CCCNC(=O)[C@H](C)N(Cc1cccc(Br)c1)C(=O)CN(c1cccc(Cl)c1C)S(=O)(=O)c1ccccc1. The number of benzene rings is 3. The number of nitrogens with zero attached hydrogens (tertiary/aromatic N) is 2. The molecule has 10 heteroatoms. The van der Waals surface area contributed by atoms with Crippen molar-refractivity contribution in [3.8, 4) is 0 Å². The fraction of sp³-hybridized carbons (Fsp3) is 0.286. The molecule has 3 aromatic rings. The van der Waals surface area contributed by atoms with Gasteiger partial charge < -0.3 is 10.2 Å². The molecular weight excluding hydrogens is 590 g/mol. The number of halogens is 2. The molecule has 3 rings (SSSR count). The standard InChI is InChI=1S/C28H31BrClN3O4S/c1-4-16-31-28(35)21(3)32(18-22-10-8-11-23(29)17-22)27(34)19-33(26-15-9-14-25(30)20(26)2)38(36,37)24-12-6-5-7-13-24/h5-15,17,21H,4,16,18-19H2,1-3H3,(H,31,35)/t21-/m0/s1. The van der Waals surface area contributed by atoms with Gasteiger partial charge in [0, 0.05) is 22.6 Å². The zero-order valence-electron chi connectivity index (χ0n) is 21.5. The highest BCUT2D eigenvalue weighted by molar-refractivity contribution is 9.10. The summed E-state index contributed by atoms with van der Waals surface area (Å²) in [5.74, 6) is -0.838. The monoisotopic (exact) mass is 619 g/mol. The van der Waals surface area contributed by atoms with Gasteiger partial charge >= 0.3 is 0 Å². The third kappa shape index (κ3) is 7.15. The molecule has 38 heavy (non-hydrogen) atoms. The van der Waals surface area contributed by atoms with Crippen LogP contribution in [-0.4, -0.2) is 44.3 Å². The van der Waals surface area contributed by atoms with E-state index in [4.69, 9.17) is 11.6 Å². The Morgan fingerprint density at radius 3 is 2.37 bits per heavy atom. The Bertz CT molecular complexity index is 1390. The van der Waals surface area contributed by atoms with Crippen molar-refractivity contribution in [3.63, 3.8) is 0 Å². The number of amides is 2. The molecule has 1 atom stereocenters. The van der Waals surface area contributed by atoms with E-state index < -0.39 is 28.5 Å². The first-order chi connectivity index (χ1) is 18.1. The summed E-state index contributed by atoms with van der Waals surface area (Å²) in [6, 6.07) is 19.4. The van der Waals surface area contributed by atoms with E-state index in [1.165, 1.54) is 17.0 Å². The summed E-state index contributed by atoms with van der Waals surface area (Å²) in [7, 11) is -4.14. The molecule has 7 nitrogen and oxygen atoms in total. The van der Waals surface area contributed by atoms with Gasteiger partial charge in [-0.05, 0) is 67.8 Å². The Balaban J connectivity index is 2.05. The van der Waals surface area contributed by atoms with Crippen LogP contribution in [0.1, 0.15) is 31.4 Å². The average Bonchev–Trinajstić information content (AvgIpc) is 2.90. The van der Waals surface area contributed by atoms with Crippen molar-refractivity contribution in [2.24, 2.45) is 0 Å². The smallest absolute Gasteiger partial charge is 0.264 e.